The minimum absolute atomic E-state index is 0.0316. The molecular formula is C16H13ClN2O3S. The third-order valence-electron chi connectivity index (χ3n) is 3.48. The van der Waals surface area contributed by atoms with Crippen molar-refractivity contribution in [1.29, 1.82) is 0 Å². The van der Waals surface area contributed by atoms with E-state index in [2.05, 4.69) is 4.98 Å². The predicted molar refractivity (Wildman–Crippen MR) is 88.3 cm³/mol. The number of pyridine rings is 1. The second kappa shape index (κ2) is 5.79. The molecule has 3 rings (SSSR count). The van der Waals surface area contributed by atoms with Gasteiger partial charge in [-0.15, -0.1) is 0 Å². The van der Waals surface area contributed by atoms with Gasteiger partial charge in [0.05, 0.1) is 10.4 Å². The first-order valence-electron chi connectivity index (χ1n) is 6.87. The molecule has 0 bridgehead atoms. The molecule has 1 aromatic carbocycles. The number of carbonyl (C=O) groups excluding carboxylic acids is 1. The first kappa shape index (κ1) is 15.7. The molecule has 3 aromatic rings. The van der Waals surface area contributed by atoms with Crippen molar-refractivity contribution in [2.24, 2.45) is 0 Å². The molecular weight excluding hydrogens is 336 g/mol. The summed E-state index contributed by atoms with van der Waals surface area (Å²) in [6, 6.07) is 11.3. The lowest BCUT2D eigenvalue weighted by molar-refractivity contribution is -0.107. The molecule has 0 saturated heterocycles. The Morgan fingerprint density at radius 1 is 1.22 bits per heavy atom. The van der Waals surface area contributed by atoms with Crippen LogP contribution in [-0.2, 0) is 21.2 Å². The zero-order valence-electron chi connectivity index (χ0n) is 12.2. The summed E-state index contributed by atoms with van der Waals surface area (Å²) in [4.78, 5) is 15.3. The number of aldehydes is 1. The SMILES string of the molecule is Cc1cc2c(cc(CC=O)n2S(=O)(=O)c2ccccc2)c(Cl)n1. The molecule has 0 amide bonds. The Bertz CT molecular complexity index is 995. The second-order valence-electron chi connectivity index (χ2n) is 5.08. The number of hydrogen-bond donors (Lipinski definition) is 0. The van der Waals surface area contributed by atoms with Crippen LogP contribution < -0.4 is 0 Å². The summed E-state index contributed by atoms with van der Waals surface area (Å²) < 4.78 is 27.2. The van der Waals surface area contributed by atoms with E-state index in [1.807, 2.05) is 0 Å². The van der Waals surface area contributed by atoms with Crippen LogP contribution >= 0.6 is 11.6 Å². The van der Waals surface area contributed by atoms with Gasteiger partial charge in [-0.1, -0.05) is 29.8 Å². The maximum atomic E-state index is 13.0. The molecule has 0 N–H and O–H groups in total. The third kappa shape index (κ3) is 2.64. The van der Waals surface area contributed by atoms with Crippen LogP contribution in [0.25, 0.3) is 10.9 Å². The number of aromatic nitrogens is 2. The van der Waals surface area contributed by atoms with Gasteiger partial charge in [-0.3, -0.25) is 0 Å². The van der Waals surface area contributed by atoms with Crippen LogP contribution in [0, 0.1) is 6.92 Å². The number of carbonyl (C=O) groups is 1. The van der Waals surface area contributed by atoms with Crippen LogP contribution in [0.15, 0.2) is 47.4 Å². The topological polar surface area (TPSA) is 69.0 Å². The van der Waals surface area contributed by atoms with Gasteiger partial charge in [0.15, 0.2) is 0 Å². The molecule has 0 aliphatic carbocycles. The molecule has 0 spiro atoms. The van der Waals surface area contributed by atoms with Gasteiger partial charge in [-0.25, -0.2) is 17.4 Å². The molecule has 23 heavy (non-hydrogen) atoms. The summed E-state index contributed by atoms with van der Waals surface area (Å²) >= 11 is 6.14. The first-order chi connectivity index (χ1) is 10.9. The third-order valence-corrected chi connectivity index (χ3v) is 5.55. The Morgan fingerprint density at radius 3 is 2.57 bits per heavy atom. The number of rotatable bonds is 4. The van der Waals surface area contributed by atoms with Gasteiger partial charge >= 0.3 is 0 Å². The van der Waals surface area contributed by atoms with Gasteiger partial charge in [0, 0.05) is 23.2 Å². The van der Waals surface area contributed by atoms with Crippen LogP contribution in [0.4, 0.5) is 0 Å². The van der Waals surface area contributed by atoms with Crippen molar-refractivity contribution in [3.8, 4) is 0 Å². The molecule has 7 heteroatoms. The van der Waals surface area contributed by atoms with E-state index in [-0.39, 0.29) is 16.5 Å². The molecule has 2 aromatic heterocycles. The van der Waals surface area contributed by atoms with E-state index in [1.54, 1.807) is 37.3 Å². The van der Waals surface area contributed by atoms with E-state index < -0.39 is 10.0 Å². The van der Waals surface area contributed by atoms with Crippen molar-refractivity contribution in [2.45, 2.75) is 18.2 Å². The Hall–Kier alpha value is -2.18. The summed E-state index contributed by atoms with van der Waals surface area (Å²) in [6.07, 6.45) is 0.634. The fraction of sp³-hybridized carbons (Fsp3) is 0.125. The molecule has 0 atom stereocenters. The highest BCUT2D eigenvalue weighted by Gasteiger charge is 2.24. The van der Waals surface area contributed by atoms with Gasteiger partial charge in [0.2, 0.25) is 0 Å². The second-order valence-corrected chi connectivity index (χ2v) is 7.22. The molecule has 0 aliphatic rings. The van der Waals surface area contributed by atoms with Gasteiger partial charge in [-0.05, 0) is 31.2 Å². The van der Waals surface area contributed by atoms with Gasteiger partial charge < -0.3 is 4.79 Å². The van der Waals surface area contributed by atoms with Crippen molar-refractivity contribution >= 4 is 38.8 Å². The number of fused-ring (bicyclic) bond motifs is 1. The van der Waals surface area contributed by atoms with Gasteiger partial charge in [0.25, 0.3) is 10.0 Å². The maximum Gasteiger partial charge on any atom is 0.268 e. The highest BCUT2D eigenvalue weighted by Crippen LogP contribution is 2.30. The maximum absolute atomic E-state index is 13.0. The van der Waals surface area contributed by atoms with Gasteiger partial charge in [-0.2, -0.15) is 0 Å². The lowest BCUT2D eigenvalue weighted by Gasteiger charge is -2.11. The molecule has 118 valence electrons. The first-order valence-corrected chi connectivity index (χ1v) is 8.68. The quantitative estimate of drug-likeness (QED) is 0.537. The molecule has 0 radical (unpaired) electrons. The van der Waals surface area contributed by atoms with E-state index in [9.17, 15) is 13.2 Å². The zero-order chi connectivity index (χ0) is 16.6. The molecule has 0 saturated carbocycles. The van der Waals surface area contributed by atoms with Crippen LogP contribution in [-0.4, -0.2) is 23.7 Å². The minimum Gasteiger partial charge on any atom is -0.303 e. The highest BCUT2D eigenvalue weighted by molar-refractivity contribution is 7.90. The number of aryl methyl sites for hydroxylation is 1. The number of benzene rings is 1. The van der Waals surface area contributed by atoms with Crippen molar-refractivity contribution in [2.75, 3.05) is 0 Å². The smallest absolute Gasteiger partial charge is 0.268 e. The molecule has 0 unspecified atom stereocenters. The van der Waals surface area contributed by atoms with E-state index in [0.717, 1.165) is 0 Å². The van der Waals surface area contributed by atoms with Crippen LogP contribution in [0.2, 0.25) is 5.15 Å². The molecule has 0 fully saturated rings. The summed E-state index contributed by atoms with van der Waals surface area (Å²) in [6.45, 7) is 1.73. The molecule has 0 aliphatic heterocycles. The molecule has 2 heterocycles. The fourth-order valence-electron chi connectivity index (χ4n) is 2.52. The van der Waals surface area contributed by atoms with Crippen LogP contribution in [0.5, 0.6) is 0 Å². The van der Waals surface area contributed by atoms with E-state index in [1.165, 1.54) is 16.1 Å². The Labute approximate surface area is 138 Å². The minimum atomic E-state index is -3.84. The number of hydrogen-bond acceptors (Lipinski definition) is 4. The summed E-state index contributed by atoms with van der Waals surface area (Å²) in [5.74, 6) is 0. The van der Waals surface area contributed by atoms with Crippen molar-refractivity contribution < 1.29 is 13.2 Å². The summed E-state index contributed by atoms with van der Waals surface area (Å²) in [7, 11) is -3.84. The van der Waals surface area contributed by atoms with Crippen LogP contribution in [0.1, 0.15) is 11.4 Å². The zero-order valence-corrected chi connectivity index (χ0v) is 13.8. The highest BCUT2D eigenvalue weighted by atomic mass is 35.5. The largest absolute Gasteiger partial charge is 0.303 e. The monoisotopic (exact) mass is 348 g/mol. The van der Waals surface area contributed by atoms with E-state index in [4.69, 9.17) is 11.6 Å². The standard InChI is InChI=1S/C16H13ClN2O3S/c1-11-9-15-14(16(17)18-11)10-12(7-8-20)19(15)23(21,22)13-5-3-2-4-6-13/h2-6,8-10H,7H2,1H3. The van der Waals surface area contributed by atoms with E-state index in [0.29, 0.717) is 28.6 Å². The predicted octanol–water partition coefficient (Wildman–Crippen LogP) is 2.98. The van der Waals surface area contributed by atoms with Crippen molar-refractivity contribution in [3.05, 3.63) is 59.0 Å². The van der Waals surface area contributed by atoms with Crippen molar-refractivity contribution in [3.63, 3.8) is 0 Å². The lowest BCUT2D eigenvalue weighted by Crippen LogP contribution is -2.16. The Kier molecular flexibility index (Phi) is 3.95. The van der Waals surface area contributed by atoms with E-state index >= 15 is 0 Å². The Balaban J connectivity index is 2.39. The summed E-state index contributed by atoms with van der Waals surface area (Å²) in [5, 5.41) is 0.725. The Morgan fingerprint density at radius 2 is 1.91 bits per heavy atom. The van der Waals surface area contributed by atoms with Crippen molar-refractivity contribution in [1.82, 2.24) is 8.96 Å². The van der Waals surface area contributed by atoms with Crippen LogP contribution in [0.3, 0.4) is 0 Å². The average molecular weight is 349 g/mol. The fourth-order valence-corrected chi connectivity index (χ4v) is 4.36. The summed E-state index contributed by atoms with van der Waals surface area (Å²) in [5.41, 5.74) is 1.37. The number of halogens is 1. The normalized spacial score (nSPS) is 11.7. The molecule has 5 nitrogen and oxygen atoms in total. The number of nitrogens with zero attached hydrogens (tertiary/aromatic N) is 2. The van der Waals surface area contributed by atoms with Gasteiger partial charge in [0.1, 0.15) is 11.4 Å². The average Bonchev–Trinajstić information content (AvgIpc) is 2.87. The lowest BCUT2D eigenvalue weighted by atomic mass is 10.3.